The third kappa shape index (κ3) is 6.29. The fourth-order valence-electron chi connectivity index (χ4n) is 3.92. The molecular formula is C25H31N3O2S3. The maximum atomic E-state index is 12.7. The number of ether oxygens (including phenoxy) is 1. The SMILES string of the molecule is CCCSc1nc(SCC(=O)NC(C)Cc2ccccc2)c2c3c(sc2n1)COC(C)(C)C3. The van der Waals surface area contributed by atoms with E-state index in [0.29, 0.717) is 12.4 Å². The number of nitrogens with zero attached hydrogens (tertiary/aromatic N) is 2. The summed E-state index contributed by atoms with van der Waals surface area (Å²) in [7, 11) is 0. The van der Waals surface area contributed by atoms with Gasteiger partial charge in [-0.1, -0.05) is 60.8 Å². The smallest absolute Gasteiger partial charge is 0.230 e. The van der Waals surface area contributed by atoms with Gasteiger partial charge >= 0.3 is 0 Å². The molecule has 0 fully saturated rings. The Morgan fingerprint density at radius 3 is 2.79 bits per heavy atom. The fourth-order valence-corrected chi connectivity index (χ4v) is 6.77. The minimum Gasteiger partial charge on any atom is -0.370 e. The quantitative estimate of drug-likeness (QED) is 0.224. The second kappa shape index (κ2) is 10.8. The van der Waals surface area contributed by atoms with Gasteiger partial charge in [0.1, 0.15) is 9.86 Å². The van der Waals surface area contributed by atoms with Crippen LogP contribution in [0.1, 0.15) is 50.1 Å². The molecule has 3 heterocycles. The maximum absolute atomic E-state index is 12.7. The van der Waals surface area contributed by atoms with Crippen molar-refractivity contribution >= 4 is 51.0 Å². The zero-order chi connectivity index (χ0) is 23.4. The van der Waals surface area contributed by atoms with E-state index in [2.05, 4.69) is 45.1 Å². The molecule has 1 atom stereocenters. The second-order valence-corrected chi connectivity index (χ2v) is 12.1. The molecule has 0 bridgehead atoms. The Bertz CT molecular complexity index is 1120. The van der Waals surface area contributed by atoms with E-state index < -0.39 is 0 Å². The van der Waals surface area contributed by atoms with Crippen LogP contribution in [-0.4, -0.2) is 39.0 Å². The minimum absolute atomic E-state index is 0.0331. The highest BCUT2D eigenvalue weighted by atomic mass is 32.2. The van der Waals surface area contributed by atoms with E-state index in [-0.39, 0.29) is 17.6 Å². The Morgan fingerprint density at radius 2 is 2.03 bits per heavy atom. The van der Waals surface area contributed by atoms with Gasteiger partial charge in [-0.05, 0) is 44.7 Å². The molecule has 1 N–H and O–H groups in total. The summed E-state index contributed by atoms with van der Waals surface area (Å²) in [6.07, 6.45) is 2.72. The highest BCUT2D eigenvalue weighted by Crippen LogP contribution is 2.42. The summed E-state index contributed by atoms with van der Waals surface area (Å²) in [5, 5.41) is 5.96. The van der Waals surface area contributed by atoms with Crippen molar-refractivity contribution in [1.29, 1.82) is 0 Å². The Morgan fingerprint density at radius 1 is 1.24 bits per heavy atom. The monoisotopic (exact) mass is 501 g/mol. The fraction of sp³-hybridized carbons (Fsp3) is 0.480. The number of thiophene rings is 1. The first-order chi connectivity index (χ1) is 15.8. The normalized spacial score (nSPS) is 15.9. The maximum Gasteiger partial charge on any atom is 0.230 e. The first kappa shape index (κ1) is 24.5. The number of nitrogens with one attached hydrogen (secondary N) is 1. The highest BCUT2D eigenvalue weighted by molar-refractivity contribution is 8.00. The van der Waals surface area contributed by atoms with Gasteiger partial charge in [0.15, 0.2) is 5.16 Å². The molecule has 1 unspecified atom stereocenters. The van der Waals surface area contributed by atoms with Crippen LogP contribution < -0.4 is 5.32 Å². The highest BCUT2D eigenvalue weighted by Gasteiger charge is 2.31. The van der Waals surface area contributed by atoms with Crippen molar-refractivity contribution in [2.45, 2.75) is 75.4 Å². The number of carbonyl (C=O) groups excluding carboxylic acids is 1. The molecule has 1 aliphatic rings. The molecule has 8 heteroatoms. The summed E-state index contributed by atoms with van der Waals surface area (Å²) in [5.74, 6) is 1.35. The van der Waals surface area contributed by atoms with Crippen molar-refractivity contribution in [2.75, 3.05) is 11.5 Å². The van der Waals surface area contributed by atoms with Crippen molar-refractivity contribution < 1.29 is 9.53 Å². The van der Waals surface area contributed by atoms with Gasteiger partial charge in [0.25, 0.3) is 0 Å². The van der Waals surface area contributed by atoms with E-state index in [4.69, 9.17) is 14.7 Å². The molecule has 5 nitrogen and oxygen atoms in total. The molecule has 1 aromatic carbocycles. The van der Waals surface area contributed by atoms with Gasteiger partial charge in [-0.15, -0.1) is 11.3 Å². The molecule has 1 aliphatic heterocycles. The van der Waals surface area contributed by atoms with Crippen LogP contribution in [-0.2, 0) is 29.0 Å². The van der Waals surface area contributed by atoms with Gasteiger partial charge in [0.2, 0.25) is 5.91 Å². The second-order valence-electron chi connectivity index (χ2n) is 9.02. The van der Waals surface area contributed by atoms with Crippen molar-refractivity contribution in [3.63, 3.8) is 0 Å². The molecule has 4 rings (SSSR count). The van der Waals surface area contributed by atoms with E-state index in [1.807, 2.05) is 18.2 Å². The van der Waals surface area contributed by atoms with Crippen LogP contribution in [0.2, 0.25) is 0 Å². The number of rotatable bonds is 9. The predicted octanol–water partition coefficient (Wildman–Crippen LogP) is 5.88. The van der Waals surface area contributed by atoms with Crippen molar-refractivity contribution in [3.8, 4) is 0 Å². The van der Waals surface area contributed by atoms with E-state index in [0.717, 1.165) is 45.4 Å². The molecule has 2 aromatic heterocycles. The molecule has 176 valence electrons. The zero-order valence-electron chi connectivity index (χ0n) is 19.6. The predicted molar refractivity (Wildman–Crippen MR) is 139 cm³/mol. The van der Waals surface area contributed by atoms with Crippen LogP contribution in [0, 0.1) is 0 Å². The summed E-state index contributed by atoms with van der Waals surface area (Å²) < 4.78 is 6.03. The van der Waals surface area contributed by atoms with Crippen molar-refractivity contribution in [1.82, 2.24) is 15.3 Å². The molecule has 0 saturated carbocycles. The third-order valence-electron chi connectivity index (χ3n) is 5.44. The van der Waals surface area contributed by atoms with Gasteiger partial charge in [0.05, 0.1) is 18.0 Å². The van der Waals surface area contributed by atoms with E-state index in [9.17, 15) is 4.79 Å². The molecular weight excluding hydrogens is 470 g/mol. The average molecular weight is 502 g/mol. The first-order valence-corrected chi connectivity index (χ1v) is 14.2. The third-order valence-corrected chi connectivity index (χ3v) is 8.57. The van der Waals surface area contributed by atoms with Crippen LogP contribution in [0.3, 0.4) is 0 Å². The number of thioether (sulfide) groups is 2. The topological polar surface area (TPSA) is 64.1 Å². The molecule has 33 heavy (non-hydrogen) atoms. The lowest BCUT2D eigenvalue weighted by atomic mass is 9.95. The summed E-state index contributed by atoms with van der Waals surface area (Å²) in [4.78, 5) is 24.7. The number of hydrogen-bond acceptors (Lipinski definition) is 7. The number of amides is 1. The van der Waals surface area contributed by atoms with Crippen LogP contribution in [0.4, 0.5) is 0 Å². The lowest BCUT2D eigenvalue weighted by Crippen LogP contribution is -2.35. The van der Waals surface area contributed by atoms with E-state index in [1.165, 1.54) is 27.8 Å². The molecule has 0 aliphatic carbocycles. The Hall–Kier alpha value is -1.61. The lowest BCUT2D eigenvalue weighted by Gasteiger charge is -2.30. The standard InChI is InChI=1S/C25H31N3O2S3/c1-5-11-31-24-27-22(21-18-13-25(3,4)30-14-19(18)33-23(21)28-24)32-15-20(29)26-16(2)12-17-9-7-6-8-10-17/h6-10,16H,5,11-15H2,1-4H3,(H,26,29). The number of hydrogen-bond donors (Lipinski definition) is 1. The van der Waals surface area contributed by atoms with Gasteiger partial charge in [-0.25, -0.2) is 9.97 Å². The van der Waals surface area contributed by atoms with Crippen LogP contribution in [0.5, 0.6) is 0 Å². The van der Waals surface area contributed by atoms with Gasteiger partial charge in [-0.2, -0.15) is 0 Å². The van der Waals surface area contributed by atoms with E-state index in [1.54, 1.807) is 23.1 Å². The number of carbonyl (C=O) groups is 1. The minimum atomic E-state index is -0.206. The van der Waals surface area contributed by atoms with Gasteiger partial charge in [-0.3, -0.25) is 4.79 Å². The molecule has 0 saturated heterocycles. The lowest BCUT2D eigenvalue weighted by molar-refractivity contribution is -0.119. The molecule has 1 amide bonds. The molecule has 3 aromatic rings. The summed E-state index contributed by atoms with van der Waals surface area (Å²) >= 11 is 4.91. The van der Waals surface area contributed by atoms with Gasteiger partial charge < -0.3 is 10.1 Å². The summed E-state index contributed by atoms with van der Waals surface area (Å²) in [5.41, 5.74) is 2.31. The van der Waals surface area contributed by atoms with Crippen LogP contribution in [0.15, 0.2) is 40.5 Å². The molecule has 0 spiro atoms. The van der Waals surface area contributed by atoms with Crippen LogP contribution >= 0.6 is 34.9 Å². The Balaban J connectivity index is 1.51. The summed E-state index contributed by atoms with van der Waals surface area (Å²) in [6, 6.07) is 10.3. The molecule has 0 radical (unpaired) electrons. The van der Waals surface area contributed by atoms with Gasteiger partial charge in [0, 0.05) is 28.5 Å². The van der Waals surface area contributed by atoms with E-state index >= 15 is 0 Å². The summed E-state index contributed by atoms with van der Waals surface area (Å²) in [6.45, 7) is 9.07. The van der Waals surface area contributed by atoms with Crippen molar-refractivity contribution in [2.24, 2.45) is 0 Å². The first-order valence-electron chi connectivity index (χ1n) is 11.4. The largest absolute Gasteiger partial charge is 0.370 e. The number of benzene rings is 1. The van der Waals surface area contributed by atoms with Crippen molar-refractivity contribution in [3.05, 3.63) is 46.3 Å². The zero-order valence-corrected chi connectivity index (χ0v) is 22.1. The number of fused-ring (bicyclic) bond motifs is 3. The Kier molecular flexibility index (Phi) is 7.99. The van der Waals surface area contributed by atoms with Crippen LogP contribution in [0.25, 0.3) is 10.2 Å². The Labute approximate surface area is 208 Å². The average Bonchev–Trinajstić information content (AvgIpc) is 3.13. The number of aromatic nitrogens is 2.